The molecule has 0 radical (unpaired) electrons. The van der Waals surface area contributed by atoms with Crippen molar-refractivity contribution in [2.45, 2.75) is 6.04 Å². The van der Waals surface area contributed by atoms with Crippen molar-refractivity contribution >= 4 is 13.3 Å². The number of nitrogens with zero attached hydrogens (tertiary/aromatic N) is 1. The van der Waals surface area contributed by atoms with Gasteiger partial charge in [0.05, 0.1) is 39.2 Å². The largest absolute Gasteiger partial charge is 0.493 e. The summed E-state index contributed by atoms with van der Waals surface area (Å²) < 4.78 is 27.5. The molecule has 1 atom stereocenters. The molecule has 0 aliphatic heterocycles. The molecule has 0 bridgehead atoms. The molecule has 0 fully saturated rings. The number of rotatable bonds is 8. The monoisotopic (exact) mass is 368 g/mol. The summed E-state index contributed by atoms with van der Waals surface area (Å²) in [6.07, 6.45) is 2.79. The van der Waals surface area contributed by atoms with Crippen LogP contribution in [0.4, 0.5) is 5.69 Å². The molecule has 2 rings (SSSR count). The highest BCUT2D eigenvalue weighted by Gasteiger charge is 2.26. The molecule has 25 heavy (non-hydrogen) atoms. The van der Waals surface area contributed by atoms with E-state index in [1.54, 1.807) is 36.7 Å². The van der Waals surface area contributed by atoms with Crippen LogP contribution in [0.3, 0.4) is 0 Å². The Kier molecular flexibility index (Phi) is 6.25. The Labute approximate surface area is 145 Å². The van der Waals surface area contributed by atoms with Gasteiger partial charge in [-0.1, -0.05) is 0 Å². The number of nitrogens with one attached hydrogen (secondary N) is 1. The van der Waals surface area contributed by atoms with Gasteiger partial charge in [0.25, 0.3) is 0 Å². The first-order valence-electron chi connectivity index (χ1n) is 7.39. The van der Waals surface area contributed by atoms with Crippen LogP contribution in [0.25, 0.3) is 0 Å². The number of benzene rings is 1. The number of anilines is 1. The van der Waals surface area contributed by atoms with Crippen LogP contribution in [0, 0.1) is 0 Å². The first kappa shape index (κ1) is 19.1. The zero-order valence-corrected chi connectivity index (χ0v) is 15.1. The van der Waals surface area contributed by atoms with E-state index in [9.17, 15) is 14.4 Å². The van der Waals surface area contributed by atoms with Gasteiger partial charge in [-0.15, -0.1) is 0 Å². The third-order valence-electron chi connectivity index (χ3n) is 3.51. The fraction of sp³-hybridized carbons (Fsp3) is 0.312. The molecule has 0 spiro atoms. The Balaban J connectivity index is 2.47. The minimum absolute atomic E-state index is 0.402. The third kappa shape index (κ3) is 5.09. The second kappa shape index (κ2) is 8.20. The fourth-order valence-corrected chi connectivity index (χ4v) is 3.20. The normalized spacial score (nSPS) is 12.4. The molecule has 8 nitrogen and oxygen atoms in total. The predicted molar refractivity (Wildman–Crippen MR) is 93.6 cm³/mol. The highest BCUT2D eigenvalue weighted by Crippen LogP contribution is 2.44. The lowest BCUT2D eigenvalue weighted by Gasteiger charge is -2.23. The standard InChI is InChI=1S/C16H21N2O6P/c1-22-14-7-11(8-15(23-2)16(14)24-3)13(10-25(19,20)21)18-12-5-4-6-17-9-12/h4-9,13,18H,10H2,1-3H3,(H2,19,20,21). The molecule has 1 heterocycles. The Hall–Kier alpha value is -2.28. The van der Waals surface area contributed by atoms with Crippen LogP contribution in [0.1, 0.15) is 11.6 Å². The van der Waals surface area contributed by atoms with Crippen molar-refractivity contribution in [1.82, 2.24) is 4.98 Å². The lowest BCUT2D eigenvalue weighted by Crippen LogP contribution is -2.16. The van der Waals surface area contributed by atoms with E-state index < -0.39 is 19.8 Å². The maximum absolute atomic E-state index is 11.6. The highest BCUT2D eigenvalue weighted by atomic mass is 31.2. The van der Waals surface area contributed by atoms with Crippen molar-refractivity contribution in [2.75, 3.05) is 32.8 Å². The van der Waals surface area contributed by atoms with E-state index in [1.165, 1.54) is 21.3 Å². The second-order valence-electron chi connectivity index (χ2n) is 5.24. The predicted octanol–water partition coefficient (Wildman–Crippen LogP) is 2.44. The first-order chi connectivity index (χ1) is 11.9. The van der Waals surface area contributed by atoms with Crippen LogP contribution in [0.2, 0.25) is 0 Å². The molecule has 136 valence electrons. The SMILES string of the molecule is COc1cc(C(CP(=O)(O)O)Nc2cccnc2)cc(OC)c1OC. The summed E-state index contributed by atoms with van der Waals surface area (Å²) in [5.74, 6) is 1.21. The van der Waals surface area contributed by atoms with Gasteiger partial charge in [0, 0.05) is 12.4 Å². The average Bonchev–Trinajstić information content (AvgIpc) is 2.59. The Morgan fingerprint density at radius 2 is 1.80 bits per heavy atom. The summed E-state index contributed by atoms with van der Waals surface area (Å²) >= 11 is 0. The van der Waals surface area contributed by atoms with E-state index in [-0.39, 0.29) is 0 Å². The van der Waals surface area contributed by atoms with Crippen LogP contribution < -0.4 is 19.5 Å². The summed E-state index contributed by atoms with van der Waals surface area (Å²) in [6, 6.07) is 6.12. The first-order valence-corrected chi connectivity index (χ1v) is 9.18. The molecular weight excluding hydrogens is 347 g/mol. The molecule has 2 aromatic rings. The molecule has 0 aliphatic rings. The Morgan fingerprint density at radius 3 is 2.24 bits per heavy atom. The van der Waals surface area contributed by atoms with Gasteiger partial charge in [-0.2, -0.15) is 0 Å². The fourth-order valence-electron chi connectivity index (χ4n) is 2.42. The van der Waals surface area contributed by atoms with Crippen molar-refractivity contribution < 1.29 is 28.6 Å². The molecule has 0 aliphatic carbocycles. The van der Waals surface area contributed by atoms with Crippen LogP contribution in [0.15, 0.2) is 36.7 Å². The zero-order chi connectivity index (χ0) is 18.4. The number of hydrogen-bond donors (Lipinski definition) is 3. The van der Waals surface area contributed by atoms with E-state index in [0.717, 1.165) is 0 Å². The smallest absolute Gasteiger partial charge is 0.327 e. The van der Waals surface area contributed by atoms with Gasteiger partial charge in [-0.25, -0.2) is 0 Å². The minimum atomic E-state index is -4.29. The molecule has 0 saturated carbocycles. The molecule has 9 heteroatoms. The van der Waals surface area contributed by atoms with Gasteiger partial charge in [0.2, 0.25) is 5.75 Å². The summed E-state index contributed by atoms with van der Waals surface area (Å²) in [7, 11) is 0.161. The van der Waals surface area contributed by atoms with Gasteiger partial charge in [-0.05, 0) is 29.8 Å². The Bertz CT molecular complexity index is 725. The summed E-state index contributed by atoms with van der Waals surface area (Å²) in [4.78, 5) is 22.9. The lowest BCUT2D eigenvalue weighted by atomic mass is 10.1. The van der Waals surface area contributed by atoms with Crippen LogP contribution in [-0.2, 0) is 4.57 Å². The van der Waals surface area contributed by atoms with E-state index in [2.05, 4.69) is 10.3 Å². The molecule has 1 aromatic carbocycles. The summed E-state index contributed by atoms with van der Waals surface area (Å²) in [5, 5.41) is 3.09. The van der Waals surface area contributed by atoms with E-state index in [0.29, 0.717) is 28.5 Å². The minimum Gasteiger partial charge on any atom is -0.493 e. The van der Waals surface area contributed by atoms with Crippen molar-refractivity contribution in [3.8, 4) is 17.2 Å². The van der Waals surface area contributed by atoms with Crippen molar-refractivity contribution in [1.29, 1.82) is 0 Å². The summed E-state index contributed by atoms with van der Waals surface area (Å²) in [5.41, 5.74) is 1.22. The maximum Gasteiger partial charge on any atom is 0.327 e. The van der Waals surface area contributed by atoms with Crippen molar-refractivity contribution in [2.24, 2.45) is 0 Å². The topological polar surface area (TPSA) is 110 Å². The summed E-state index contributed by atoms with van der Waals surface area (Å²) in [6.45, 7) is 0. The van der Waals surface area contributed by atoms with Crippen LogP contribution in [-0.4, -0.2) is 42.3 Å². The molecular formula is C16H21N2O6P. The number of ether oxygens (including phenoxy) is 3. The number of aromatic nitrogens is 1. The zero-order valence-electron chi connectivity index (χ0n) is 14.2. The average molecular weight is 368 g/mol. The highest BCUT2D eigenvalue weighted by molar-refractivity contribution is 7.51. The molecule has 3 N–H and O–H groups in total. The Morgan fingerprint density at radius 1 is 1.16 bits per heavy atom. The lowest BCUT2D eigenvalue weighted by molar-refractivity contribution is 0.323. The van der Waals surface area contributed by atoms with Gasteiger partial charge >= 0.3 is 7.60 Å². The molecule has 1 unspecified atom stereocenters. The number of hydrogen-bond acceptors (Lipinski definition) is 6. The van der Waals surface area contributed by atoms with E-state index in [1.807, 2.05) is 0 Å². The quantitative estimate of drug-likeness (QED) is 0.610. The molecule has 1 aromatic heterocycles. The van der Waals surface area contributed by atoms with Crippen LogP contribution >= 0.6 is 7.60 Å². The van der Waals surface area contributed by atoms with E-state index >= 15 is 0 Å². The van der Waals surface area contributed by atoms with Crippen LogP contribution in [0.5, 0.6) is 17.2 Å². The molecule has 0 amide bonds. The third-order valence-corrected chi connectivity index (χ3v) is 4.35. The molecule has 0 saturated heterocycles. The van der Waals surface area contributed by atoms with Gasteiger partial charge in [-0.3, -0.25) is 9.55 Å². The van der Waals surface area contributed by atoms with Gasteiger partial charge in [0.15, 0.2) is 11.5 Å². The van der Waals surface area contributed by atoms with Crippen molar-refractivity contribution in [3.63, 3.8) is 0 Å². The van der Waals surface area contributed by atoms with Gasteiger partial charge < -0.3 is 29.3 Å². The van der Waals surface area contributed by atoms with E-state index in [4.69, 9.17) is 14.2 Å². The van der Waals surface area contributed by atoms with Gasteiger partial charge in [0.1, 0.15) is 0 Å². The van der Waals surface area contributed by atoms with Crippen molar-refractivity contribution in [3.05, 3.63) is 42.2 Å². The number of methoxy groups -OCH3 is 3. The maximum atomic E-state index is 11.6. The number of pyridine rings is 1. The second-order valence-corrected chi connectivity index (χ2v) is 6.94.